The Morgan fingerprint density at radius 1 is 1.16 bits per heavy atom. The van der Waals surface area contributed by atoms with E-state index in [2.05, 4.69) is 41.0 Å². The van der Waals surface area contributed by atoms with Gasteiger partial charge in [-0.15, -0.1) is 0 Å². The Kier molecular flexibility index (Phi) is 3.87. The minimum Gasteiger partial charge on any atom is -0.323 e. The average molecular weight is 259 g/mol. The van der Waals surface area contributed by atoms with Gasteiger partial charge in [0.2, 0.25) is 0 Å². The van der Waals surface area contributed by atoms with E-state index in [0.29, 0.717) is 0 Å². The summed E-state index contributed by atoms with van der Waals surface area (Å²) in [5.41, 5.74) is 8.99. The van der Waals surface area contributed by atoms with E-state index in [1.807, 2.05) is 0 Å². The van der Waals surface area contributed by atoms with Crippen LogP contribution in [-0.4, -0.2) is 48.6 Å². The normalized spacial score (nSPS) is 23.5. The zero-order chi connectivity index (χ0) is 13.2. The maximum Gasteiger partial charge on any atom is 0.0426 e. The Morgan fingerprint density at radius 2 is 1.84 bits per heavy atom. The first kappa shape index (κ1) is 13.1. The van der Waals surface area contributed by atoms with Gasteiger partial charge >= 0.3 is 0 Å². The van der Waals surface area contributed by atoms with Crippen LogP contribution in [0, 0.1) is 6.92 Å². The predicted molar refractivity (Wildman–Crippen MR) is 79.1 cm³/mol. The van der Waals surface area contributed by atoms with Crippen molar-refractivity contribution in [1.29, 1.82) is 0 Å². The zero-order valence-electron chi connectivity index (χ0n) is 11.9. The molecule has 19 heavy (non-hydrogen) atoms. The van der Waals surface area contributed by atoms with Crippen LogP contribution in [0.2, 0.25) is 0 Å². The Balaban J connectivity index is 1.52. The van der Waals surface area contributed by atoms with E-state index in [1.54, 1.807) is 0 Å². The van der Waals surface area contributed by atoms with Gasteiger partial charge in [0.15, 0.2) is 0 Å². The van der Waals surface area contributed by atoms with Gasteiger partial charge in [0.25, 0.3) is 0 Å². The van der Waals surface area contributed by atoms with Gasteiger partial charge in [-0.1, -0.05) is 24.3 Å². The number of hydrogen-bond donors (Lipinski definition) is 1. The topological polar surface area (TPSA) is 32.5 Å². The summed E-state index contributed by atoms with van der Waals surface area (Å²) in [5, 5.41) is 0. The van der Waals surface area contributed by atoms with Crippen molar-refractivity contribution in [3.05, 3.63) is 35.4 Å². The number of hydrogen-bond acceptors (Lipinski definition) is 3. The van der Waals surface area contributed by atoms with Gasteiger partial charge in [-0.2, -0.15) is 0 Å². The molecule has 0 radical (unpaired) electrons. The molecule has 2 aliphatic rings. The highest BCUT2D eigenvalue weighted by Gasteiger charge is 2.31. The molecule has 1 aliphatic heterocycles. The maximum atomic E-state index is 6.38. The second kappa shape index (κ2) is 5.61. The highest BCUT2D eigenvalue weighted by Crippen LogP contribution is 2.27. The van der Waals surface area contributed by atoms with Crippen LogP contribution in [0.1, 0.15) is 30.0 Å². The molecule has 1 aromatic carbocycles. The molecular weight excluding hydrogens is 234 g/mol. The van der Waals surface area contributed by atoms with Crippen LogP contribution in [-0.2, 0) is 0 Å². The number of benzene rings is 1. The SMILES string of the molecule is Cc1ccccc1C(N)CN1CCN(C2CC2)CC1. The van der Waals surface area contributed by atoms with Gasteiger partial charge in [0.1, 0.15) is 0 Å². The van der Waals surface area contributed by atoms with Crippen molar-refractivity contribution in [3.8, 4) is 0 Å². The number of aryl methyl sites for hydroxylation is 1. The highest BCUT2D eigenvalue weighted by molar-refractivity contribution is 5.28. The lowest BCUT2D eigenvalue weighted by Gasteiger charge is -2.36. The molecule has 1 heterocycles. The summed E-state index contributed by atoms with van der Waals surface area (Å²) in [6.07, 6.45) is 2.84. The van der Waals surface area contributed by atoms with Crippen LogP contribution in [0.5, 0.6) is 0 Å². The molecular formula is C16H25N3. The first-order valence-corrected chi connectivity index (χ1v) is 7.51. The minimum absolute atomic E-state index is 0.147. The molecule has 0 spiro atoms. The first-order valence-electron chi connectivity index (χ1n) is 7.51. The summed E-state index contributed by atoms with van der Waals surface area (Å²) in [4.78, 5) is 5.17. The van der Waals surface area contributed by atoms with Gasteiger partial charge in [0.05, 0.1) is 0 Å². The summed E-state index contributed by atoms with van der Waals surface area (Å²) in [5.74, 6) is 0. The molecule has 3 nitrogen and oxygen atoms in total. The third-order valence-corrected chi connectivity index (χ3v) is 4.51. The fourth-order valence-corrected chi connectivity index (χ4v) is 3.13. The van der Waals surface area contributed by atoms with Gasteiger partial charge in [-0.3, -0.25) is 9.80 Å². The zero-order valence-corrected chi connectivity index (χ0v) is 11.9. The van der Waals surface area contributed by atoms with Crippen LogP contribution < -0.4 is 5.73 Å². The van der Waals surface area contributed by atoms with E-state index in [-0.39, 0.29) is 6.04 Å². The van der Waals surface area contributed by atoms with E-state index in [4.69, 9.17) is 5.73 Å². The number of nitrogens with zero attached hydrogens (tertiary/aromatic N) is 2. The summed E-state index contributed by atoms with van der Waals surface area (Å²) < 4.78 is 0. The van der Waals surface area contributed by atoms with Crippen LogP contribution in [0.4, 0.5) is 0 Å². The van der Waals surface area contributed by atoms with Crippen molar-refractivity contribution < 1.29 is 0 Å². The van der Waals surface area contributed by atoms with Crippen molar-refractivity contribution in [2.24, 2.45) is 5.73 Å². The lowest BCUT2D eigenvalue weighted by Crippen LogP contribution is -2.48. The molecule has 2 N–H and O–H groups in total. The molecule has 1 aromatic rings. The third-order valence-electron chi connectivity index (χ3n) is 4.51. The molecule has 1 atom stereocenters. The van der Waals surface area contributed by atoms with Crippen LogP contribution >= 0.6 is 0 Å². The fraction of sp³-hybridized carbons (Fsp3) is 0.625. The Bertz CT molecular complexity index is 420. The first-order chi connectivity index (χ1) is 9.24. The number of piperazine rings is 1. The maximum absolute atomic E-state index is 6.38. The van der Waals surface area contributed by atoms with Crippen LogP contribution in [0.25, 0.3) is 0 Å². The molecule has 0 bridgehead atoms. The van der Waals surface area contributed by atoms with Gasteiger partial charge < -0.3 is 5.73 Å². The third kappa shape index (κ3) is 3.16. The van der Waals surface area contributed by atoms with Gasteiger partial charge in [-0.25, -0.2) is 0 Å². The van der Waals surface area contributed by atoms with E-state index >= 15 is 0 Å². The molecule has 1 saturated heterocycles. The summed E-state index contributed by atoms with van der Waals surface area (Å²) in [6.45, 7) is 7.95. The van der Waals surface area contributed by atoms with Crippen molar-refractivity contribution in [1.82, 2.24) is 9.80 Å². The standard InChI is InChI=1S/C16H25N3/c1-13-4-2-3-5-15(13)16(17)12-18-8-10-19(11-9-18)14-6-7-14/h2-5,14,16H,6-12,17H2,1H3. The average Bonchev–Trinajstić information content (AvgIpc) is 3.24. The second-order valence-corrected chi connectivity index (χ2v) is 6.03. The molecule has 0 amide bonds. The molecule has 3 heteroatoms. The lowest BCUT2D eigenvalue weighted by molar-refractivity contribution is 0.121. The van der Waals surface area contributed by atoms with Crippen molar-refractivity contribution in [3.63, 3.8) is 0 Å². The number of rotatable bonds is 4. The molecule has 104 valence electrons. The smallest absolute Gasteiger partial charge is 0.0426 e. The van der Waals surface area contributed by atoms with Gasteiger partial charge in [0, 0.05) is 44.8 Å². The highest BCUT2D eigenvalue weighted by atomic mass is 15.3. The summed E-state index contributed by atoms with van der Waals surface area (Å²) in [7, 11) is 0. The van der Waals surface area contributed by atoms with E-state index < -0.39 is 0 Å². The molecule has 1 aliphatic carbocycles. The molecule has 3 rings (SSSR count). The van der Waals surface area contributed by atoms with Gasteiger partial charge in [-0.05, 0) is 30.9 Å². The Hall–Kier alpha value is -0.900. The quantitative estimate of drug-likeness (QED) is 0.894. The van der Waals surface area contributed by atoms with E-state index in [1.165, 1.54) is 50.1 Å². The van der Waals surface area contributed by atoms with Crippen molar-refractivity contribution in [2.45, 2.75) is 31.8 Å². The van der Waals surface area contributed by atoms with Crippen molar-refractivity contribution >= 4 is 0 Å². The Morgan fingerprint density at radius 3 is 2.47 bits per heavy atom. The molecule has 1 saturated carbocycles. The molecule has 1 unspecified atom stereocenters. The minimum atomic E-state index is 0.147. The second-order valence-electron chi connectivity index (χ2n) is 6.03. The van der Waals surface area contributed by atoms with Crippen LogP contribution in [0.3, 0.4) is 0 Å². The van der Waals surface area contributed by atoms with E-state index in [9.17, 15) is 0 Å². The lowest BCUT2D eigenvalue weighted by atomic mass is 10.0. The monoisotopic (exact) mass is 259 g/mol. The predicted octanol–water partition coefficient (Wildman–Crippen LogP) is 1.77. The molecule has 0 aromatic heterocycles. The van der Waals surface area contributed by atoms with E-state index in [0.717, 1.165) is 12.6 Å². The molecule has 2 fully saturated rings. The summed E-state index contributed by atoms with van der Waals surface area (Å²) >= 11 is 0. The van der Waals surface area contributed by atoms with Crippen LogP contribution in [0.15, 0.2) is 24.3 Å². The summed E-state index contributed by atoms with van der Waals surface area (Å²) in [6, 6.07) is 9.55. The Labute approximate surface area is 116 Å². The number of nitrogens with two attached hydrogens (primary N) is 1. The fourth-order valence-electron chi connectivity index (χ4n) is 3.13. The largest absolute Gasteiger partial charge is 0.323 e. The van der Waals surface area contributed by atoms with Crippen molar-refractivity contribution in [2.75, 3.05) is 32.7 Å².